The second-order valence-corrected chi connectivity index (χ2v) is 7.01. The van der Waals surface area contributed by atoms with Crippen LogP contribution in [0, 0.1) is 5.92 Å². The van der Waals surface area contributed by atoms with Crippen molar-refractivity contribution >= 4 is 0 Å². The maximum Gasteiger partial charge on any atom is 0.127 e. The molecule has 0 saturated carbocycles. The highest BCUT2D eigenvalue weighted by Crippen LogP contribution is 2.37. The van der Waals surface area contributed by atoms with E-state index in [2.05, 4.69) is 51.2 Å². The lowest BCUT2D eigenvalue weighted by Crippen LogP contribution is -2.25. The van der Waals surface area contributed by atoms with Crippen molar-refractivity contribution in [1.82, 2.24) is 5.32 Å². The minimum atomic E-state index is -0.0459. The van der Waals surface area contributed by atoms with Crippen LogP contribution in [0.25, 0.3) is 0 Å². The van der Waals surface area contributed by atoms with E-state index in [0.29, 0.717) is 0 Å². The summed E-state index contributed by atoms with van der Waals surface area (Å²) >= 11 is 0. The van der Waals surface area contributed by atoms with Crippen LogP contribution < -0.4 is 10.1 Å². The van der Waals surface area contributed by atoms with E-state index in [0.717, 1.165) is 31.2 Å². The van der Waals surface area contributed by atoms with Gasteiger partial charge < -0.3 is 10.1 Å². The van der Waals surface area contributed by atoms with Gasteiger partial charge in [0.2, 0.25) is 0 Å². The van der Waals surface area contributed by atoms with Gasteiger partial charge >= 0.3 is 0 Å². The maximum atomic E-state index is 6.10. The van der Waals surface area contributed by atoms with Gasteiger partial charge in [-0.05, 0) is 38.3 Å². The van der Waals surface area contributed by atoms with Gasteiger partial charge in [0.1, 0.15) is 11.4 Å². The first-order chi connectivity index (χ1) is 9.48. The summed E-state index contributed by atoms with van der Waals surface area (Å²) in [6, 6.07) is 6.52. The molecule has 0 amide bonds. The molecule has 0 unspecified atom stereocenters. The summed E-state index contributed by atoms with van der Waals surface area (Å²) in [7, 11) is 0. The molecule has 1 N–H and O–H groups in total. The quantitative estimate of drug-likeness (QED) is 0.748. The molecule has 0 spiro atoms. The van der Waals surface area contributed by atoms with Crippen LogP contribution in [0.5, 0.6) is 5.75 Å². The van der Waals surface area contributed by atoms with Gasteiger partial charge in [0, 0.05) is 18.5 Å². The predicted molar refractivity (Wildman–Crippen MR) is 85.2 cm³/mol. The van der Waals surface area contributed by atoms with Crippen LogP contribution >= 0.6 is 0 Å². The summed E-state index contributed by atoms with van der Waals surface area (Å²) in [6.07, 6.45) is 4.94. The van der Waals surface area contributed by atoms with Crippen LogP contribution in [-0.4, -0.2) is 12.1 Å². The molecule has 0 aromatic heterocycles. The first kappa shape index (κ1) is 15.4. The third-order valence-electron chi connectivity index (χ3n) is 3.87. The zero-order valence-electron chi connectivity index (χ0n) is 13.5. The Kier molecular flexibility index (Phi) is 5.09. The molecule has 2 nitrogen and oxygen atoms in total. The van der Waals surface area contributed by atoms with Crippen molar-refractivity contribution in [3.8, 4) is 5.75 Å². The van der Waals surface area contributed by atoms with Gasteiger partial charge in [-0.15, -0.1) is 0 Å². The summed E-state index contributed by atoms with van der Waals surface area (Å²) in [6.45, 7) is 10.9. The summed E-state index contributed by atoms with van der Waals surface area (Å²) < 4.78 is 6.10. The summed E-state index contributed by atoms with van der Waals surface area (Å²) in [4.78, 5) is 0. The molecule has 1 aliphatic rings. The number of unbranched alkanes of at least 4 members (excludes halogenated alkanes) is 1. The van der Waals surface area contributed by atoms with Crippen molar-refractivity contribution in [2.24, 2.45) is 5.92 Å². The summed E-state index contributed by atoms with van der Waals surface area (Å²) in [5.41, 5.74) is 2.61. The monoisotopic (exact) mass is 275 g/mol. The highest BCUT2D eigenvalue weighted by Gasteiger charge is 2.31. The van der Waals surface area contributed by atoms with Crippen LogP contribution in [0.3, 0.4) is 0 Å². The van der Waals surface area contributed by atoms with Crippen LogP contribution in [0.2, 0.25) is 0 Å². The Morgan fingerprint density at radius 3 is 2.80 bits per heavy atom. The molecule has 0 atom stereocenters. The Balaban J connectivity index is 1.79. The van der Waals surface area contributed by atoms with Crippen molar-refractivity contribution < 1.29 is 4.74 Å². The molecule has 20 heavy (non-hydrogen) atoms. The fraction of sp³-hybridized carbons (Fsp3) is 0.667. The molecule has 1 heterocycles. The van der Waals surface area contributed by atoms with Gasteiger partial charge in [-0.25, -0.2) is 0 Å². The first-order valence-corrected chi connectivity index (χ1v) is 7.98. The van der Waals surface area contributed by atoms with Crippen LogP contribution in [0.4, 0.5) is 0 Å². The molecule has 1 aliphatic heterocycles. The second-order valence-electron chi connectivity index (χ2n) is 7.01. The standard InChI is InChI=1S/C18H29NO/c1-14(2)8-5-6-11-19-13-16-10-7-9-15-12-18(3,4)20-17(15)16/h7,9-10,14,19H,5-6,8,11-13H2,1-4H3. The lowest BCUT2D eigenvalue weighted by atomic mass is 10.0. The summed E-state index contributed by atoms with van der Waals surface area (Å²) in [5, 5.41) is 3.55. The van der Waals surface area contributed by atoms with Crippen molar-refractivity contribution in [3.63, 3.8) is 0 Å². The summed E-state index contributed by atoms with van der Waals surface area (Å²) in [5.74, 6) is 1.94. The molecule has 0 saturated heterocycles. The smallest absolute Gasteiger partial charge is 0.127 e. The number of hydrogen-bond donors (Lipinski definition) is 1. The van der Waals surface area contributed by atoms with Gasteiger partial charge in [-0.2, -0.15) is 0 Å². The van der Waals surface area contributed by atoms with E-state index < -0.39 is 0 Å². The number of benzene rings is 1. The molecule has 2 rings (SSSR count). The number of rotatable bonds is 7. The molecule has 0 aliphatic carbocycles. The van der Waals surface area contributed by atoms with E-state index in [-0.39, 0.29) is 5.60 Å². The van der Waals surface area contributed by atoms with Gasteiger partial charge in [0.25, 0.3) is 0 Å². The molecular weight excluding hydrogens is 246 g/mol. The Bertz CT molecular complexity index is 437. The lowest BCUT2D eigenvalue weighted by Gasteiger charge is -2.18. The van der Waals surface area contributed by atoms with Crippen LogP contribution in [0.1, 0.15) is 58.1 Å². The molecule has 112 valence electrons. The average molecular weight is 275 g/mol. The zero-order valence-corrected chi connectivity index (χ0v) is 13.5. The highest BCUT2D eigenvalue weighted by molar-refractivity contribution is 5.45. The number of fused-ring (bicyclic) bond motifs is 1. The largest absolute Gasteiger partial charge is 0.487 e. The van der Waals surface area contributed by atoms with Gasteiger partial charge in [0.15, 0.2) is 0 Å². The van der Waals surface area contributed by atoms with Gasteiger partial charge in [0.05, 0.1) is 0 Å². The van der Waals surface area contributed by atoms with Crippen molar-refractivity contribution in [1.29, 1.82) is 0 Å². The fourth-order valence-corrected chi connectivity index (χ4v) is 2.84. The van der Waals surface area contributed by atoms with E-state index in [1.807, 2.05) is 0 Å². The number of nitrogens with one attached hydrogen (secondary N) is 1. The van der Waals surface area contributed by atoms with E-state index in [1.165, 1.54) is 30.4 Å². The number of hydrogen-bond acceptors (Lipinski definition) is 2. The van der Waals surface area contributed by atoms with Crippen LogP contribution in [0.15, 0.2) is 18.2 Å². The maximum absolute atomic E-state index is 6.10. The molecule has 1 aromatic rings. The molecule has 2 heteroatoms. The highest BCUT2D eigenvalue weighted by atomic mass is 16.5. The third-order valence-corrected chi connectivity index (χ3v) is 3.87. The van der Waals surface area contributed by atoms with E-state index in [1.54, 1.807) is 0 Å². The molecular formula is C18H29NO. The molecule has 1 aromatic carbocycles. The SMILES string of the molecule is CC(C)CCCCNCc1cccc2c1OC(C)(C)C2. The average Bonchev–Trinajstić information content (AvgIpc) is 2.67. The minimum Gasteiger partial charge on any atom is -0.487 e. The number of para-hydroxylation sites is 1. The predicted octanol–water partition coefficient (Wildman–Crippen LogP) is 4.32. The topological polar surface area (TPSA) is 21.3 Å². The Morgan fingerprint density at radius 1 is 1.25 bits per heavy atom. The Hall–Kier alpha value is -1.02. The van der Waals surface area contributed by atoms with Crippen LogP contribution in [-0.2, 0) is 13.0 Å². The van der Waals surface area contributed by atoms with E-state index >= 15 is 0 Å². The third kappa shape index (κ3) is 4.24. The molecule has 0 fully saturated rings. The zero-order chi connectivity index (χ0) is 14.6. The Morgan fingerprint density at radius 2 is 2.05 bits per heavy atom. The van der Waals surface area contributed by atoms with E-state index in [4.69, 9.17) is 4.74 Å². The van der Waals surface area contributed by atoms with Crippen molar-refractivity contribution in [2.45, 2.75) is 65.5 Å². The number of ether oxygens (including phenoxy) is 1. The van der Waals surface area contributed by atoms with Gasteiger partial charge in [-0.3, -0.25) is 0 Å². The van der Waals surface area contributed by atoms with E-state index in [9.17, 15) is 0 Å². The molecule has 0 radical (unpaired) electrons. The Labute approximate surface area is 123 Å². The fourth-order valence-electron chi connectivity index (χ4n) is 2.84. The first-order valence-electron chi connectivity index (χ1n) is 7.98. The lowest BCUT2D eigenvalue weighted by molar-refractivity contribution is 0.137. The second kappa shape index (κ2) is 6.62. The normalized spacial score (nSPS) is 16.2. The van der Waals surface area contributed by atoms with Gasteiger partial charge in [-0.1, -0.05) is 44.9 Å². The van der Waals surface area contributed by atoms with Crippen molar-refractivity contribution in [2.75, 3.05) is 6.54 Å². The van der Waals surface area contributed by atoms with Crippen molar-refractivity contribution in [3.05, 3.63) is 29.3 Å². The minimum absolute atomic E-state index is 0.0459. The molecule has 0 bridgehead atoms.